The molecule has 2 nitrogen and oxygen atoms in total. The van der Waals surface area contributed by atoms with Crippen molar-refractivity contribution in [2.45, 2.75) is 53.4 Å². The monoisotopic (exact) mass is 402 g/mol. The molecule has 3 aromatic rings. The SMILES string of the molecule is Cc1cccc(C(C)C)c1N=C(Nc1c(C)cccc1C(C)C)c1ccc(F)cc1. The summed E-state index contributed by atoms with van der Waals surface area (Å²) < 4.78 is 13.6. The molecule has 3 heteroatoms. The average molecular weight is 403 g/mol. The number of nitrogens with zero attached hydrogens (tertiary/aromatic N) is 1. The van der Waals surface area contributed by atoms with Crippen molar-refractivity contribution in [1.29, 1.82) is 0 Å². The van der Waals surface area contributed by atoms with E-state index in [1.165, 1.54) is 23.3 Å². The van der Waals surface area contributed by atoms with Gasteiger partial charge in [0.2, 0.25) is 0 Å². The molecule has 0 saturated heterocycles. The van der Waals surface area contributed by atoms with Gasteiger partial charge in [0.15, 0.2) is 0 Å². The molecule has 0 bridgehead atoms. The Kier molecular flexibility index (Phi) is 6.71. The van der Waals surface area contributed by atoms with Crippen LogP contribution in [0, 0.1) is 19.7 Å². The van der Waals surface area contributed by atoms with E-state index in [4.69, 9.17) is 4.99 Å². The van der Waals surface area contributed by atoms with Crippen molar-refractivity contribution < 1.29 is 4.39 Å². The van der Waals surface area contributed by atoms with Gasteiger partial charge in [-0.2, -0.15) is 0 Å². The molecule has 30 heavy (non-hydrogen) atoms. The number of para-hydroxylation sites is 2. The number of benzene rings is 3. The molecule has 0 atom stereocenters. The Balaban J connectivity index is 2.20. The predicted octanol–water partition coefficient (Wildman–Crippen LogP) is 7.88. The van der Waals surface area contributed by atoms with Crippen LogP contribution in [0.25, 0.3) is 0 Å². The Morgan fingerprint density at radius 3 is 1.93 bits per heavy atom. The minimum atomic E-state index is -0.254. The fourth-order valence-corrected chi connectivity index (χ4v) is 3.65. The number of aryl methyl sites for hydroxylation is 2. The Morgan fingerprint density at radius 2 is 1.33 bits per heavy atom. The van der Waals surface area contributed by atoms with Crippen molar-refractivity contribution in [1.82, 2.24) is 0 Å². The molecule has 1 N–H and O–H groups in total. The lowest BCUT2D eigenvalue weighted by atomic mass is 9.97. The van der Waals surface area contributed by atoms with E-state index >= 15 is 0 Å². The van der Waals surface area contributed by atoms with E-state index in [1.54, 1.807) is 12.1 Å². The second kappa shape index (κ2) is 9.25. The molecule has 0 radical (unpaired) electrons. The third-order valence-electron chi connectivity index (χ3n) is 5.40. The first-order chi connectivity index (χ1) is 14.3. The number of anilines is 1. The first-order valence-corrected chi connectivity index (χ1v) is 10.6. The standard InChI is InChI=1S/C27H31FN2/c1-17(2)23-11-7-9-19(5)25(23)29-27(21-13-15-22(28)16-14-21)30-26-20(6)10-8-12-24(26)18(3)4/h7-18H,1-6H3,(H,29,30). The predicted molar refractivity (Wildman–Crippen MR) is 127 cm³/mol. The Hall–Kier alpha value is -2.94. The summed E-state index contributed by atoms with van der Waals surface area (Å²) in [6.45, 7) is 12.9. The summed E-state index contributed by atoms with van der Waals surface area (Å²) in [4.78, 5) is 5.10. The molecule has 3 rings (SSSR count). The van der Waals surface area contributed by atoms with Crippen LogP contribution in [0.5, 0.6) is 0 Å². The van der Waals surface area contributed by atoms with Gasteiger partial charge in [-0.1, -0.05) is 64.1 Å². The molecular weight excluding hydrogens is 371 g/mol. The van der Waals surface area contributed by atoms with E-state index in [1.807, 2.05) is 0 Å². The summed E-state index contributed by atoms with van der Waals surface area (Å²) in [5.41, 5.74) is 7.60. The normalized spacial score (nSPS) is 12.0. The van der Waals surface area contributed by atoms with Gasteiger partial charge < -0.3 is 5.32 Å². The van der Waals surface area contributed by atoms with E-state index in [0.717, 1.165) is 33.9 Å². The smallest absolute Gasteiger partial charge is 0.138 e. The maximum Gasteiger partial charge on any atom is 0.138 e. The number of hydrogen-bond acceptors (Lipinski definition) is 1. The van der Waals surface area contributed by atoms with Gasteiger partial charge in [-0.3, -0.25) is 0 Å². The minimum Gasteiger partial charge on any atom is -0.339 e. The van der Waals surface area contributed by atoms with Gasteiger partial charge >= 0.3 is 0 Å². The molecule has 156 valence electrons. The highest BCUT2D eigenvalue weighted by Gasteiger charge is 2.15. The highest BCUT2D eigenvalue weighted by atomic mass is 19.1. The third-order valence-corrected chi connectivity index (χ3v) is 5.40. The number of amidine groups is 1. The van der Waals surface area contributed by atoms with E-state index in [2.05, 4.69) is 83.3 Å². The molecule has 0 fully saturated rings. The van der Waals surface area contributed by atoms with Gasteiger partial charge in [-0.15, -0.1) is 0 Å². The molecule has 0 saturated carbocycles. The van der Waals surface area contributed by atoms with Crippen molar-refractivity contribution in [3.8, 4) is 0 Å². The second-order valence-corrected chi connectivity index (χ2v) is 8.45. The summed E-state index contributed by atoms with van der Waals surface area (Å²) in [5, 5.41) is 3.60. The maximum atomic E-state index is 13.6. The van der Waals surface area contributed by atoms with Crippen LogP contribution >= 0.6 is 0 Å². The van der Waals surface area contributed by atoms with E-state index < -0.39 is 0 Å². The Morgan fingerprint density at radius 1 is 0.767 bits per heavy atom. The largest absolute Gasteiger partial charge is 0.339 e. The molecule has 0 aliphatic rings. The van der Waals surface area contributed by atoms with Gasteiger partial charge in [-0.25, -0.2) is 9.38 Å². The topological polar surface area (TPSA) is 24.4 Å². The van der Waals surface area contributed by atoms with Crippen LogP contribution in [-0.4, -0.2) is 5.84 Å². The van der Waals surface area contributed by atoms with Gasteiger partial charge in [0.25, 0.3) is 0 Å². The van der Waals surface area contributed by atoms with Crippen molar-refractivity contribution in [3.63, 3.8) is 0 Å². The summed E-state index contributed by atoms with van der Waals surface area (Å²) in [5.74, 6) is 1.19. The van der Waals surface area contributed by atoms with Crippen LogP contribution in [0.4, 0.5) is 15.8 Å². The molecule has 0 spiro atoms. The highest BCUT2D eigenvalue weighted by molar-refractivity contribution is 6.10. The van der Waals surface area contributed by atoms with Crippen molar-refractivity contribution in [2.24, 2.45) is 4.99 Å². The fourth-order valence-electron chi connectivity index (χ4n) is 3.65. The second-order valence-electron chi connectivity index (χ2n) is 8.45. The molecule has 0 aliphatic heterocycles. The zero-order chi connectivity index (χ0) is 21.8. The van der Waals surface area contributed by atoms with Crippen LogP contribution in [-0.2, 0) is 0 Å². The lowest BCUT2D eigenvalue weighted by Crippen LogP contribution is -2.16. The number of hydrogen-bond donors (Lipinski definition) is 1. The van der Waals surface area contributed by atoms with E-state index in [0.29, 0.717) is 11.8 Å². The Bertz CT molecular complexity index is 1050. The summed E-state index contributed by atoms with van der Waals surface area (Å²) >= 11 is 0. The first kappa shape index (κ1) is 21.8. The van der Waals surface area contributed by atoms with Crippen LogP contribution < -0.4 is 5.32 Å². The average Bonchev–Trinajstić information content (AvgIpc) is 2.70. The summed E-state index contributed by atoms with van der Waals surface area (Å²) in [6.07, 6.45) is 0. The number of aliphatic imine (C=N–C) groups is 1. The molecule has 3 aromatic carbocycles. The number of halogens is 1. The molecular formula is C27H31FN2. The van der Waals surface area contributed by atoms with Gasteiger partial charge in [0.05, 0.1) is 5.69 Å². The Labute approximate surface area is 179 Å². The van der Waals surface area contributed by atoms with E-state index in [-0.39, 0.29) is 5.82 Å². The van der Waals surface area contributed by atoms with Crippen LogP contribution in [0.15, 0.2) is 65.7 Å². The summed E-state index contributed by atoms with van der Waals surface area (Å²) in [7, 11) is 0. The number of nitrogens with one attached hydrogen (secondary N) is 1. The summed E-state index contributed by atoms with van der Waals surface area (Å²) in [6, 6.07) is 19.1. The molecule has 0 amide bonds. The van der Waals surface area contributed by atoms with Crippen molar-refractivity contribution in [3.05, 3.63) is 94.3 Å². The molecule has 0 aliphatic carbocycles. The highest BCUT2D eigenvalue weighted by Crippen LogP contribution is 2.32. The van der Waals surface area contributed by atoms with E-state index in [9.17, 15) is 4.39 Å². The number of rotatable bonds is 5. The maximum absolute atomic E-state index is 13.6. The van der Waals surface area contributed by atoms with Crippen LogP contribution in [0.2, 0.25) is 0 Å². The zero-order valence-corrected chi connectivity index (χ0v) is 18.8. The first-order valence-electron chi connectivity index (χ1n) is 10.6. The van der Waals surface area contributed by atoms with Gasteiger partial charge in [0.1, 0.15) is 11.7 Å². The molecule has 0 aromatic heterocycles. The van der Waals surface area contributed by atoms with Crippen LogP contribution in [0.1, 0.15) is 67.3 Å². The third kappa shape index (κ3) is 4.79. The van der Waals surface area contributed by atoms with Crippen molar-refractivity contribution in [2.75, 3.05) is 5.32 Å². The van der Waals surface area contributed by atoms with Gasteiger partial charge in [-0.05, 0) is 72.2 Å². The van der Waals surface area contributed by atoms with Gasteiger partial charge in [0, 0.05) is 11.3 Å². The molecule has 0 heterocycles. The fraction of sp³-hybridized carbons (Fsp3) is 0.296. The lowest BCUT2D eigenvalue weighted by molar-refractivity contribution is 0.628. The quantitative estimate of drug-likeness (QED) is 0.341. The molecule has 0 unspecified atom stereocenters. The lowest BCUT2D eigenvalue weighted by Gasteiger charge is -2.20. The van der Waals surface area contributed by atoms with Crippen LogP contribution in [0.3, 0.4) is 0 Å². The zero-order valence-electron chi connectivity index (χ0n) is 18.8. The van der Waals surface area contributed by atoms with Crippen molar-refractivity contribution >= 4 is 17.2 Å². The minimum absolute atomic E-state index is 0.254.